The summed E-state index contributed by atoms with van der Waals surface area (Å²) in [5, 5.41) is 15.0. The predicted octanol–water partition coefficient (Wildman–Crippen LogP) is 5.26. The second-order valence-corrected chi connectivity index (χ2v) is 10.9. The Labute approximate surface area is 240 Å². The van der Waals surface area contributed by atoms with Gasteiger partial charge in [0.15, 0.2) is 0 Å². The number of rotatable bonds is 11. The standard InChI is InChI=1S/C33H36N2O6/c1-21(40-19-22-10-3-2-4-11-22)31(32(38)34-29-17-9-12-23(29)18-30(36)37)35-33(39)41-20-28-26-15-7-5-13-24(26)25-14-6-8-16-27(25)28/h2-8,10-11,13-16,21,23,28-29,31H,9,12,17-20H2,1H3,(H,34,38)(H,35,39)(H,36,37). The molecule has 0 saturated heterocycles. The molecule has 3 N–H and O–H groups in total. The van der Waals surface area contributed by atoms with Gasteiger partial charge >= 0.3 is 12.1 Å². The number of hydrogen-bond acceptors (Lipinski definition) is 5. The lowest BCUT2D eigenvalue weighted by Crippen LogP contribution is -2.55. The van der Waals surface area contributed by atoms with Gasteiger partial charge in [0.2, 0.25) is 5.91 Å². The molecule has 0 spiro atoms. The molecule has 0 radical (unpaired) electrons. The number of carboxylic acids is 1. The molecule has 41 heavy (non-hydrogen) atoms. The molecule has 0 heterocycles. The monoisotopic (exact) mass is 556 g/mol. The summed E-state index contributed by atoms with van der Waals surface area (Å²) >= 11 is 0. The number of nitrogens with one attached hydrogen (secondary N) is 2. The summed E-state index contributed by atoms with van der Waals surface area (Å²) in [6, 6.07) is 24.5. The van der Waals surface area contributed by atoms with Gasteiger partial charge in [-0.2, -0.15) is 0 Å². The van der Waals surface area contributed by atoms with Crippen molar-refractivity contribution in [2.75, 3.05) is 6.61 Å². The van der Waals surface area contributed by atoms with Crippen molar-refractivity contribution in [1.82, 2.24) is 10.6 Å². The zero-order valence-corrected chi connectivity index (χ0v) is 23.1. The van der Waals surface area contributed by atoms with E-state index in [0.717, 1.165) is 40.7 Å². The van der Waals surface area contributed by atoms with Gasteiger partial charge in [0.25, 0.3) is 0 Å². The van der Waals surface area contributed by atoms with Crippen LogP contribution in [-0.2, 0) is 25.7 Å². The molecule has 2 aliphatic carbocycles. The zero-order valence-electron chi connectivity index (χ0n) is 23.1. The van der Waals surface area contributed by atoms with Crippen molar-refractivity contribution in [2.45, 2.75) is 63.3 Å². The maximum absolute atomic E-state index is 13.5. The van der Waals surface area contributed by atoms with Gasteiger partial charge in [-0.1, -0.05) is 85.3 Å². The molecular weight excluding hydrogens is 520 g/mol. The van der Waals surface area contributed by atoms with Crippen LogP contribution in [0.15, 0.2) is 78.9 Å². The predicted molar refractivity (Wildman–Crippen MR) is 154 cm³/mol. The van der Waals surface area contributed by atoms with Crippen LogP contribution >= 0.6 is 0 Å². The second kappa shape index (κ2) is 13.0. The molecule has 0 aromatic heterocycles. The fourth-order valence-corrected chi connectivity index (χ4v) is 6.03. The van der Waals surface area contributed by atoms with Crippen molar-refractivity contribution in [3.8, 4) is 11.1 Å². The first-order valence-corrected chi connectivity index (χ1v) is 14.2. The Morgan fingerprint density at radius 3 is 2.20 bits per heavy atom. The summed E-state index contributed by atoms with van der Waals surface area (Å²) in [6.45, 7) is 2.13. The van der Waals surface area contributed by atoms with E-state index in [0.29, 0.717) is 6.42 Å². The van der Waals surface area contributed by atoms with E-state index in [9.17, 15) is 19.5 Å². The lowest BCUT2D eigenvalue weighted by atomic mass is 9.98. The third-order valence-electron chi connectivity index (χ3n) is 8.15. The first kappa shape index (κ1) is 28.4. The highest BCUT2D eigenvalue weighted by Gasteiger charge is 2.35. The van der Waals surface area contributed by atoms with Crippen LogP contribution < -0.4 is 10.6 Å². The average molecular weight is 557 g/mol. The molecule has 1 saturated carbocycles. The molecule has 3 aromatic carbocycles. The molecule has 214 valence electrons. The molecule has 2 amide bonds. The molecule has 0 aliphatic heterocycles. The lowest BCUT2D eigenvalue weighted by molar-refractivity contribution is -0.138. The largest absolute Gasteiger partial charge is 0.481 e. The van der Waals surface area contributed by atoms with Gasteiger partial charge in [0, 0.05) is 12.0 Å². The summed E-state index contributed by atoms with van der Waals surface area (Å²) in [5.41, 5.74) is 5.40. The minimum atomic E-state index is -1.03. The highest BCUT2D eigenvalue weighted by molar-refractivity contribution is 5.86. The van der Waals surface area contributed by atoms with Crippen LogP contribution in [0.2, 0.25) is 0 Å². The molecule has 2 aliphatic rings. The number of carboxylic acid groups (broad SMARTS) is 1. The van der Waals surface area contributed by atoms with Crippen LogP contribution in [0.3, 0.4) is 0 Å². The van der Waals surface area contributed by atoms with E-state index in [-0.39, 0.29) is 37.5 Å². The third-order valence-corrected chi connectivity index (χ3v) is 8.15. The van der Waals surface area contributed by atoms with Crippen LogP contribution in [0.25, 0.3) is 11.1 Å². The number of benzene rings is 3. The number of carbonyl (C=O) groups is 3. The number of carbonyl (C=O) groups excluding carboxylic acids is 2. The van der Waals surface area contributed by atoms with E-state index in [1.165, 1.54) is 0 Å². The SMILES string of the molecule is CC(OCc1ccccc1)C(NC(=O)OCC1c2ccccc2-c2ccccc21)C(=O)NC1CCCC1CC(=O)O. The van der Waals surface area contributed by atoms with E-state index < -0.39 is 30.1 Å². The van der Waals surface area contributed by atoms with Crippen molar-refractivity contribution < 1.29 is 29.0 Å². The Bertz CT molecular complexity index is 1330. The summed E-state index contributed by atoms with van der Waals surface area (Å²) in [7, 11) is 0. The van der Waals surface area contributed by atoms with Crippen LogP contribution in [-0.4, -0.2) is 47.9 Å². The van der Waals surface area contributed by atoms with E-state index in [1.54, 1.807) is 6.92 Å². The minimum Gasteiger partial charge on any atom is -0.481 e. The van der Waals surface area contributed by atoms with Gasteiger partial charge in [-0.05, 0) is 53.5 Å². The number of aliphatic carboxylic acids is 1. The Morgan fingerprint density at radius 1 is 0.902 bits per heavy atom. The molecule has 8 heteroatoms. The van der Waals surface area contributed by atoms with Crippen LogP contribution in [0.1, 0.15) is 55.2 Å². The molecule has 5 rings (SSSR count). The fraction of sp³-hybridized carbons (Fsp3) is 0.364. The number of hydrogen-bond donors (Lipinski definition) is 3. The quantitative estimate of drug-likeness (QED) is 0.297. The molecule has 8 nitrogen and oxygen atoms in total. The molecule has 0 bridgehead atoms. The van der Waals surface area contributed by atoms with E-state index in [2.05, 4.69) is 22.8 Å². The lowest BCUT2D eigenvalue weighted by Gasteiger charge is -2.28. The van der Waals surface area contributed by atoms with E-state index in [4.69, 9.17) is 9.47 Å². The molecule has 4 atom stereocenters. The summed E-state index contributed by atoms with van der Waals surface area (Å²) < 4.78 is 11.7. The molecule has 4 unspecified atom stereocenters. The van der Waals surface area contributed by atoms with Crippen molar-refractivity contribution in [1.29, 1.82) is 0 Å². The number of fused-ring (bicyclic) bond motifs is 3. The summed E-state index contributed by atoms with van der Waals surface area (Å²) in [4.78, 5) is 37.9. The maximum atomic E-state index is 13.5. The molecule has 3 aromatic rings. The highest BCUT2D eigenvalue weighted by atomic mass is 16.5. The average Bonchev–Trinajstić information content (AvgIpc) is 3.55. The Hall–Kier alpha value is -4.17. The molecular formula is C33H36N2O6. The van der Waals surface area contributed by atoms with Crippen LogP contribution in [0.4, 0.5) is 4.79 Å². The maximum Gasteiger partial charge on any atom is 0.407 e. The zero-order chi connectivity index (χ0) is 28.8. The van der Waals surface area contributed by atoms with Crippen molar-refractivity contribution in [2.24, 2.45) is 5.92 Å². The Balaban J connectivity index is 1.26. The Morgan fingerprint density at radius 2 is 1.54 bits per heavy atom. The van der Waals surface area contributed by atoms with Gasteiger partial charge in [0.05, 0.1) is 19.1 Å². The van der Waals surface area contributed by atoms with Gasteiger partial charge in [-0.25, -0.2) is 4.79 Å². The van der Waals surface area contributed by atoms with Gasteiger partial charge < -0.3 is 25.2 Å². The van der Waals surface area contributed by atoms with Crippen LogP contribution in [0.5, 0.6) is 0 Å². The van der Waals surface area contributed by atoms with Gasteiger partial charge in [0.1, 0.15) is 12.6 Å². The van der Waals surface area contributed by atoms with E-state index in [1.807, 2.05) is 66.7 Å². The summed E-state index contributed by atoms with van der Waals surface area (Å²) in [6.07, 6.45) is 0.886. The first-order valence-electron chi connectivity index (χ1n) is 14.2. The number of alkyl carbamates (subject to hydrolysis) is 1. The highest BCUT2D eigenvalue weighted by Crippen LogP contribution is 2.44. The number of amides is 2. The van der Waals surface area contributed by atoms with Gasteiger partial charge in [-0.15, -0.1) is 0 Å². The molecule has 1 fully saturated rings. The first-order chi connectivity index (χ1) is 19.9. The number of ether oxygens (including phenoxy) is 2. The smallest absolute Gasteiger partial charge is 0.407 e. The van der Waals surface area contributed by atoms with E-state index >= 15 is 0 Å². The normalized spacial score (nSPS) is 19.0. The third kappa shape index (κ3) is 6.77. The topological polar surface area (TPSA) is 114 Å². The van der Waals surface area contributed by atoms with Crippen molar-refractivity contribution >= 4 is 18.0 Å². The van der Waals surface area contributed by atoms with Gasteiger partial charge in [-0.3, -0.25) is 9.59 Å². The van der Waals surface area contributed by atoms with Crippen molar-refractivity contribution in [3.63, 3.8) is 0 Å². The van der Waals surface area contributed by atoms with Crippen molar-refractivity contribution in [3.05, 3.63) is 95.6 Å². The Kier molecular flexibility index (Phi) is 8.99. The minimum absolute atomic E-state index is 0.00448. The van der Waals surface area contributed by atoms with Crippen LogP contribution in [0, 0.1) is 5.92 Å². The fourth-order valence-electron chi connectivity index (χ4n) is 6.03. The second-order valence-electron chi connectivity index (χ2n) is 10.9. The summed E-state index contributed by atoms with van der Waals surface area (Å²) in [5.74, 6) is -1.56.